The van der Waals surface area contributed by atoms with E-state index in [1.54, 1.807) is 12.5 Å². The Kier molecular flexibility index (Phi) is 21.3. The average Bonchev–Trinajstić information content (AvgIpc) is 3.71. The van der Waals surface area contributed by atoms with Gasteiger partial charge < -0.3 is 29.7 Å². The molecule has 0 radical (unpaired) electrons. The third-order valence-electron chi connectivity index (χ3n) is 11.4. The van der Waals surface area contributed by atoms with Crippen molar-refractivity contribution in [3.05, 3.63) is 58.2 Å². The van der Waals surface area contributed by atoms with E-state index >= 15 is 0 Å². The molecule has 1 saturated heterocycles. The number of hydrogen-bond donors (Lipinski definition) is 2. The Hall–Kier alpha value is -3.48. The highest BCUT2D eigenvalue weighted by Crippen LogP contribution is 2.32. The molecule has 0 unspecified atom stereocenters. The van der Waals surface area contributed by atoms with E-state index in [4.69, 9.17) is 19.2 Å². The quantitative estimate of drug-likeness (QED) is 0.0906. The summed E-state index contributed by atoms with van der Waals surface area (Å²) in [7, 11) is 3.62. The molecular formula is C46H75N5O6S. The number of benzene rings is 1. The molecule has 1 fully saturated rings. The number of ether oxygens (including phenoxy) is 3. The van der Waals surface area contributed by atoms with Crippen LogP contribution in [0.25, 0.3) is 0 Å². The second-order valence-corrected chi connectivity index (χ2v) is 17.4. The van der Waals surface area contributed by atoms with E-state index in [9.17, 15) is 14.4 Å². The number of thiazole rings is 1. The van der Waals surface area contributed by atoms with Gasteiger partial charge in [-0.3, -0.25) is 19.3 Å². The van der Waals surface area contributed by atoms with Crippen molar-refractivity contribution in [2.24, 2.45) is 17.8 Å². The molecule has 2 aromatic rings. The lowest BCUT2D eigenvalue weighted by molar-refractivity contribution is -0.143. The zero-order chi connectivity index (χ0) is 42.8. The summed E-state index contributed by atoms with van der Waals surface area (Å²) in [6.45, 7) is 23.4. The normalized spacial score (nSPS) is 17.7. The van der Waals surface area contributed by atoms with Gasteiger partial charge in [-0.15, -0.1) is 11.3 Å². The highest BCUT2D eigenvalue weighted by Gasteiger charge is 2.38. The molecule has 58 heavy (non-hydrogen) atoms. The van der Waals surface area contributed by atoms with E-state index in [1.165, 1.54) is 11.3 Å². The van der Waals surface area contributed by atoms with Crippen molar-refractivity contribution in [1.29, 1.82) is 0 Å². The highest BCUT2D eigenvalue weighted by atomic mass is 32.1. The molecular weight excluding hydrogens is 751 g/mol. The molecule has 12 heteroatoms. The Labute approximate surface area is 354 Å². The number of carbonyl (C=O) groups excluding carboxylic acids is 3. The summed E-state index contributed by atoms with van der Waals surface area (Å²) in [5.74, 6) is 1.21. The Bertz CT molecular complexity index is 1550. The molecule has 1 aliphatic rings. The van der Waals surface area contributed by atoms with Crippen molar-refractivity contribution in [3.8, 4) is 5.75 Å². The summed E-state index contributed by atoms with van der Waals surface area (Å²) in [5.41, 5.74) is 1.42. The summed E-state index contributed by atoms with van der Waals surface area (Å²) in [4.78, 5) is 51.3. The summed E-state index contributed by atoms with van der Waals surface area (Å²) in [5, 5.41) is 8.99. The number of allylic oxidation sites excluding steroid dienone is 1. The van der Waals surface area contributed by atoms with Crippen LogP contribution in [-0.4, -0.2) is 97.1 Å². The van der Waals surface area contributed by atoms with E-state index in [1.807, 2.05) is 36.2 Å². The zero-order valence-corrected chi connectivity index (χ0v) is 38.1. The Morgan fingerprint density at radius 2 is 1.69 bits per heavy atom. The minimum atomic E-state index is -0.630. The van der Waals surface area contributed by atoms with Gasteiger partial charge in [-0.25, -0.2) is 4.98 Å². The molecule has 7 atom stereocenters. The summed E-state index contributed by atoms with van der Waals surface area (Å²) >= 11 is 1.41. The molecule has 326 valence electrons. The van der Waals surface area contributed by atoms with Crippen LogP contribution < -0.4 is 15.4 Å². The molecule has 2 heterocycles. The number of aromatic nitrogens is 1. The average molecular weight is 826 g/mol. The largest absolute Gasteiger partial charge is 0.501 e. The fourth-order valence-electron chi connectivity index (χ4n) is 7.65. The number of piperidine rings is 1. The molecule has 0 saturated carbocycles. The first-order chi connectivity index (χ1) is 27.8. The Morgan fingerprint density at radius 1 is 0.983 bits per heavy atom. The van der Waals surface area contributed by atoms with Crippen LogP contribution in [-0.2, 0) is 25.5 Å². The predicted molar refractivity (Wildman–Crippen MR) is 235 cm³/mol. The number of nitrogens with zero attached hydrogens (tertiary/aromatic N) is 3. The third kappa shape index (κ3) is 14.7. The van der Waals surface area contributed by atoms with Gasteiger partial charge in [0, 0.05) is 43.0 Å². The van der Waals surface area contributed by atoms with Crippen molar-refractivity contribution in [2.45, 2.75) is 150 Å². The summed E-state index contributed by atoms with van der Waals surface area (Å²) in [6, 6.07) is 6.79. The minimum Gasteiger partial charge on any atom is -0.501 e. The van der Waals surface area contributed by atoms with Crippen LogP contribution in [0, 0.1) is 17.8 Å². The smallest absolute Gasteiger partial charge is 0.270 e. The van der Waals surface area contributed by atoms with Crippen LogP contribution >= 0.6 is 11.3 Å². The van der Waals surface area contributed by atoms with Crippen LogP contribution in [0.4, 0.5) is 0 Å². The van der Waals surface area contributed by atoms with Crippen molar-refractivity contribution < 1.29 is 28.6 Å². The maximum Gasteiger partial charge on any atom is 0.270 e. The van der Waals surface area contributed by atoms with E-state index in [-0.39, 0.29) is 53.6 Å². The van der Waals surface area contributed by atoms with E-state index in [2.05, 4.69) is 77.5 Å². The number of methoxy groups -OCH3 is 1. The van der Waals surface area contributed by atoms with Crippen molar-refractivity contribution >= 4 is 29.1 Å². The second-order valence-electron chi connectivity index (χ2n) is 16.5. The van der Waals surface area contributed by atoms with Gasteiger partial charge in [0.15, 0.2) is 0 Å². The molecule has 1 aliphatic heterocycles. The molecule has 0 spiro atoms. The van der Waals surface area contributed by atoms with Gasteiger partial charge in [0.05, 0.1) is 25.5 Å². The maximum absolute atomic E-state index is 14.7. The van der Waals surface area contributed by atoms with Crippen LogP contribution in [0.1, 0.15) is 140 Å². The lowest BCUT2D eigenvalue weighted by atomic mass is 9.92. The summed E-state index contributed by atoms with van der Waals surface area (Å²) in [6.07, 6.45) is 7.53. The van der Waals surface area contributed by atoms with Crippen molar-refractivity contribution in [1.82, 2.24) is 25.4 Å². The maximum atomic E-state index is 14.7. The van der Waals surface area contributed by atoms with Gasteiger partial charge in [-0.05, 0) is 88.1 Å². The van der Waals surface area contributed by atoms with Crippen LogP contribution in [0.5, 0.6) is 5.75 Å². The van der Waals surface area contributed by atoms with Crippen LogP contribution in [0.2, 0.25) is 0 Å². The fourth-order valence-corrected chi connectivity index (χ4v) is 8.51. The number of rotatable bonds is 26. The highest BCUT2D eigenvalue weighted by molar-refractivity contribution is 7.09. The monoisotopic (exact) mass is 826 g/mol. The molecule has 3 amide bonds. The summed E-state index contributed by atoms with van der Waals surface area (Å²) < 4.78 is 17.7. The van der Waals surface area contributed by atoms with Gasteiger partial charge in [0.25, 0.3) is 5.91 Å². The van der Waals surface area contributed by atoms with Gasteiger partial charge in [-0.1, -0.05) is 86.9 Å². The van der Waals surface area contributed by atoms with Crippen molar-refractivity contribution in [2.75, 3.05) is 40.5 Å². The fraction of sp³-hybridized carbons (Fsp3) is 0.696. The van der Waals surface area contributed by atoms with E-state index in [0.29, 0.717) is 55.5 Å². The van der Waals surface area contributed by atoms with Crippen molar-refractivity contribution in [3.63, 3.8) is 0 Å². The number of hydrogen-bond acceptors (Lipinski definition) is 9. The molecule has 2 N–H and O–H groups in total. The first kappa shape index (κ1) is 48.9. The number of likely N-dealkylation sites (tertiary alicyclic amines) is 1. The Balaban J connectivity index is 1.86. The Morgan fingerprint density at radius 3 is 2.29 bits per heavy atom. The third-order valence-corrected chi connectivity index (χ3v) is 12.4. The van der Waals surface area contributed by atoms with Gasteiger partial charge in [-0.2, -0.15) is 0 Å². The predicted octanol–water partition coefficient (Wildman–Crippen LogP) is 8.60. The SMILES string of the molecule is C=C(OC)[C@@H](C)C[C@H](Cc1ccc(OCCC)cc1)NC(=O)c1csc([C@@H](C[C@H](C(C)C)N(CCC)C(=O)[C@@H](NC(=O)[C@H]2CCCCN2C)[C@@H](C)CC)OCCC)n1. The molecule has 11 nitrogen and oxygen atoms in total. The van der Waals surface area contributed by atoms with E-state index in [0.717, 1.165) is 62.8 Å². The minimum absolute atomic E-state index is 0.0175. The number of amides is 3. The number of carbonyl (C=O) groups is 3. The number of nitrogens with one attached hydrogen (secondary N) is 2. The molecule has 1 aromatic heterocycles. The topological polar surface area (TPSA) is 122 Å². The standard InChI is InChI=1S/C46H75N5O6S/c1-12-23-51(46(54)42(32(7)15-4)49-44(53)39-18-16-17-24-50(39)10)40(31(5)6)29-41(57-26-14-3)45-48-38(30-58-45)43(52)47-36(27-33(8)34(9)55-11)28-35-19-21-37(22-20-35)56-25-13-2/h19-22,30-33,36,39-42H,9,12-18,23-29H2,1-8,10-11H3,(H,47,52)(H,49,53)/t32-,33-,36+,39+,40+,41+,42-/m0/s1. The number of likely N-dealkylation sites (N-methyl/N-ethyl adjacent to an activating group) is 1. The molecule has 0 bridgehead atoms. The first-order valence-corrected chi connectivity index (χ1v) is 22.8. The molecule has 0 aliphatic carbocycles. The zero-order valence-electron chi connectivity index (χ0n) is 37.3. The molecule has 3 rings (SSSR count). The first-order valence-electron chi connectivity index (χ1n) is 21.9. The van der Waals surface area contributed by atoms with Crippen LogP contribution in [0.3, 0.4) is 0 Å². The van der Waals surface area contributed by atoms with Gasteiger partial charge >= 0.3 is 0 Å². The lowest BCUT2D eigenvalue weighted by Gasteiger charge is -2.40. The second kappa shape index (κ2) is 25.2. The molecule has 1 aromatic carbocycles. The van der Waals surface area contributed by atoms with Gasteiger partial charge in [0.1, 0.15) is 28.6 Å². The lowest BCUT2D eigenvalue weighted by Crippen LogP contribution is -2.58. The van der Waals surface area contributed by atoms with Crippen LogP contribution in [0.15, 0.2) is 42.0 Å². The van der Waals surface area contributed by atoms with Gasteiger partial charge in [0.2, 0.25) is 11.8 Å². The van der Waals surface area contributed by atoms with E-state index < -0.39 is 12.1 Å².